The first-order chi connectivity index (χ1) is 12.0. The molecular weight excluding hydrogens is 340 g/mol. The van der Waals surface area contributed by atoms with Crippen LogP contribution in [0.15, 0.2) is 53.4 Å². The van der Waals surface area contributed by atoms with Crippen LogP contribution in [-0.2, 0) is 10.0 Å². The lowest BCUT2D eigenvalue weighted by atomic mass is 10.1. The monoisotopic (exact) mass is 360 g/mol. The number of sulfonamides is 1. The molecule has 2 aromatic carbocycles. The minimum atomic E-state index is -3.85. The van der Waals surface area contributed by atoms with Gasteiger partial charge >= 0.3 is 5.97 Å². The number of hydrogen-bond acceptors (Lipinski definition) is 4. The maximum atomic E-state index is 12.5. The lowest BCUT2D eigenvalue weighted by Gasteiger charge is -2.30. The zero-order valence-electron chi connectivity index (χ0n) is 13.7. The minimum Gasteiger partial charge on any atom is -0.478 e. The predicted molar refractivity (Wildman–Crippen MR) is 96.7 cm³/mol. The average molecular weight is 360 g/mol. The van der Waals surface area contributed by atoms with Crippen LogP contribution in [0.5, 0.6) is 0 Å². The SMILES string of the molecule is O=C(O)c1cc(S(=O)(=O)Nc2ccccc2)ccc1N1CCCCC1. The predicted octanol–water partition coefficient (Wildman–Crippen LogP) is 3.18. The number of hydrogen-bond donors (Lipinski definition) is 2. The van der Waals surface area contributed by atoms with Crippen LogP contribution in [0.1, 0.15) is 29.6 Å². The summed E-state index contributed by atoms with van der Waals surface area (Å²) in [4.78, 5) is 13.6. The van der Waals surface area contributed by atoms with Crippen molar-refractivity contribution in [3.63, 3.8) is 0 Å². The van der Waals surface area contributed by atoms with Crippen molar-refractivity contribution in [2.45, 2.75) is 24.2 Å². The molecule has 1 aliphatic rings. The maximum absolute atomic E-state index is 12.5. The first-order valence-corrected chi connectivity index (χ1v) is 9.66. The van der Waals surface area contributed by atoms with Gasteiger partial charge in [-0.1, -0.05) is 18.2 Å². The number of carbonyl (C=O) groups is 1. The number of benzene rings is 2. The van der Waals surface area contributed by atoms with E-state index < -0.39 is 16.0 Å². The fraction of sp³-hybridized carbons (Fsp3) is 0.278. The van der Waals surface area contributed by atoms with Gasteiger partial charge in [-0.2, -0.15) is 0 Å². The summed E-state index contributed by atoms with van der Waals surface area (Å²) in [5.41, 5.74) is 1.02. The second-order valence-electron chi connectivity index (χ2n) is 6.00. The smallest absolute Gasteiger partial charge is 0.337 e. The number of carboxylic acids is 1. The first kappa shape index (κ1) is 17.3. The van der Waals surface area contributed by atoms with Crippen molar-refractivity contribution in [3.8, 4) is 0 Å². The zero-order valence-corrected chi connectivity index (χ0v) is 14.5. The van der Waals surface area contributed by atoms with Crippen molar-refractivity contribution in [2.24, 2.45) is 0 Å². The number of aromatic carboxylic acids is 1. The van der Waals surface area contributed by atoms with Gasteiger partial charge in [-0.25, -0.2) is 13.2 Å². The van der Waals surface area contributed by atoms with Crippen LogP contribution in [0.3, 0.4) is 0 Å². The van der Waals surface area contributed by atoms with Crippen molar-refractivity contribution in [3.05, 3.63) is 54.1 Å². The highest BCUT2D eigenvalue weighted by Crippen LogP contribution is 2.27. The summed E-state index contributed by atoms with van der Waals surface area (Å²) in [6.07, 6.45) is 3.15. The molecule has 1 aliphatic heterocycles. The second kappa shape index (κ2) is 7.14. The van der Waals surface area contributed by atoms with Crippen LogP contribution in [0.4, 0.5) is 11.4 Å². The Morgan fingerprint density at radius 1 is 1.00 bits per heavy atom. The zero-order chi connectivity index (χ0) is 17.9. The number of nitrogens with one attached hydrogen (secondary N) is 1. The summed E-state index contributed by atoms with van der Waals surface area (Å²) >= 11 is 0. The average Bonchev–Trinajstić information content (AvgIpc) is 2.62. The van der Waals surface area contributed by atoms with Crippen molar-refractivity contribution in [1.82, 2.24) is 0 Å². The number of anilines is 2. The standard InChI is InChI=1S/C18H20N2O4S/c21-18(22)16-13-15(9-10-17(16)20-11-5-2-6-12-20)25(23,24)19-14-7-3-1-4-8-14/h1,3-4,7-10,13,19H,2,5-6,11-12H2,(H,21,22). The van der Waals surface area contributed by atoms with Crippen molar-refractivity contribution in [1.29, 1.82) is 0 Å². The van der Waals surface area contributed by atoms with Gasteiger partial charge in [0.1, 0.15) is 0 Å². The molecule has 0 atom stereocenters. The highest BCUT2D eigenvalue weighted by Gasteiger charge is 2.22. The molecule has 0 aliphatic carbocycles. The van der Waals surface area contributed by atoms with E-state index in [0.29, 0.717) is 11.4 Å². The van der Waals surface area contributed by atoms with Crippen LogP contribution in [0, 0.1) is 0 Å². The normalized spacial score (nSPS) is 15.0. The summed E-state index contributed by atoms with van der Waals surface area (Å²) < 4.78 is 27.6. The molecule has 0 aromatic heterocycles. The minimum absolute atomic E-state index is 0.0119. The molecule has 132 valence electrons. The van der Waals surface area contributed by atoms with Crippen molar-refractivity contribution in [2.75, 3.05) is 22.7 Å². The number of piperidine rings is 1. The molecule has 0 bridgehead atoms. The summed E-state index contributed by atoms with van der Waals surface area (Å²) in [5.74, 6) is -1.13. The van der Waals surface area contributed by atoms with Gasteiger partial charge in [-0.3, -0.25) is 4.72 Å². The molecule has 2 N–H and O–H groups in total. The Kier molecular flexibility index (Phi) is 4.94. The van der Waals surface area contributed by atoms with Crippen LogP contribution >= 0.6 is 0 Å². The molecule has 25 heavy (non-hydrogen) atoms. The van der Waals surface area contributed by atoms with E-state index >= 15 is 0 Å². The Balaban J connectivity index is 1.94. The molecule has 1 fully saturated rings. The third-order valence-electron chi connectivity index (χ3n) is 4.23. The third kappa shape index (κ3) is 3.93. The van der Waals surface area contributed by atoms with Crippen LogP contribution < -0.4 is 9.62 Å². The van der Waals surface area contributed by atoms with E-state index in [1.165, 1.54) is 12.1 Å². The first-order valence-electron chi connectivity index (χ1n) is 8.17. The molecule has 0 amide bonds. The summed E-state index contributed by atoms with van der Waals surface area (Å²) in [6.45, 7) is 1.57. The van der Waals surface area contributed by atoms with Crippen molar-refractivity contribution >= 4 is 27.4 Å². The second-order valence-corrected chi connectivity index (χ2v) is 7.69. The Morgan fingerprint density at radius 2 is 1.68 bits per heavy atom. The molecule has 1 heterocycles. The molecule has 7 heteroatoms. The largest absolute Gasteiger partial charge is 0.478 e. The van der Waals surface area contributed by atoms with E-state index in [1.54, 1.807) is 36.4 Å². The van der Waals surface area contributed by atoms with E-state index in [2.05, 4.69) is 4.72 Å². The van der Waals surface area contributed by atoms with Gasteiger partial charge in [0.25, 0.3) is 10.0 Å². The van der Waals surface area contributed by atoms with E-state index in [4.69, 9.17) is 0 Å². The van der Waals surface area contributed by atoms with Gasteiger partial charge in [-0.15, -0.1) is 0 Å². The number of nitrogens with zero attached hydrogens (tertiary/aromatic N) is 1. The van der Waals surface area contributed by atoms with Gasteiger partial charge in [0, 0.05) is 18.8 Å². The third-order valence-corrected chi connectivity index (χ3v) is 5.61. The molecule has 0 radical (unpaired) electrons. The summed E-state index contributed by atoms with van der Waals surface area (Å²) in [7, 11) is -3.85. The fourth-order valence-corrected chi connectivity index (χ4v) is 4.07. The fourth-order valence-electron chi connectivity index (χ4n) is 2.98. The molecule has 1 saturated heterocycles. The lowest BCUT2D eigenvalue weighted by molar-refractivity contribution is 0.0697. The van der Waals surface area contributed by atoms with E-state index in [9.17, 15) is 18.3 Å². The van der Waals surface area contributed by atoms with E-state index in [1.807, 2.05) is 4.90 Å². The van der Waals surface area contributed by atoms with E-state index in [0.717, 1.165) is 32.4 Å². The Morgan fingerprint density at radius 3 is 2.32 bits per heavy atom. The lowest BCUT2D eigenvalue weighted by Crippen LogP contribution is -2.31. The molecular formula is C18H20N2O4S. The maximum Gasteiger partial charge on any atom is 0.337 e. The Bertz CT molecular complexity index is 860. The van der Waals surface area contributed by atoms with Crippen molar-refractivity contribution < 1.29 is 18.3 Å². The molecule has 3 rings (SSSR count). The summed E-state index contributed by atoms with van der Waals surface area (Å²) in [6, 6.07) is 12.8. The summed E-state index contributed by atoms with van der Waals surface area (Å²) in [5, 5.41) is 9.53. The Hall–Kier alpha value is -2.54. The van der Waals surface area contributed by atoms with E-state index in [-0.39, 0.29) is 10.5 Å². The number of rotatable bonds is 5. The molecule has 0 unspecified atom stereocenters. The van der Waals surface area contributed by atoms with Gasteiger partial charge in [0.2, 0.25) is 0 Å². The van der Waals surface area contributed by atoms with Crippen LogP contribution in [0.2, 0.25) is 0 Å². The quantitative estimate of drug-likeness (QED) is 0.855. The number of para-hydroxylation sites is 1. The van der Waals surface area contributed by atoms with Gasteiger partial charge in [0.15, 0.2) is 0 Å². The van der Waals surface area contributed by atoms with Gasteiger partial charge in [-0.05, 0) is 49.6 Å². The topological polar surface area (TPSA) is 86.7 Å². The van der Waals surface area contributed by atoms with Crippen LogP contribution in [0.25, 0.3) is 0 Å². The molecule has 2 aromatic rings. The highest BCUT2D eigenvalue weighted by atomic mass is 32.2. The Labute approximate surface area is 147 Å². The highest BCUT2D eigenvalue weighted by molar-refractivity contribution is 7.92. The molecule has 0 spiro atoms. The molecule has 6 nitrogen and oxygen atoms in total. The van der Waals surface area contributed by atoms with Gasteiger partial charge in [0.05, 0.1) is 16.1 Å². The van der Waals surface area contributed by atoms with Crippen LogP contribution in [-0.4, -0.2) is 32.6 Å². The molecule has 0 saturated carbocycles. The number of carboxylic acid groups (broad SMARTS) is 1. The van der Waals surface area contributed by atoms with Gasteiger partial charge < -0.3 is 10.0 Å².